The molecule has 2 unspecified atom stereocenters. The highest BCUT2D eigenvalue weighted by atomic mass is 16.2. The van der Waals surface area contributed by atoms with Crippen LogP contribution in [-0.4, -0.2) is 19.0 Å². The molecule has 3 heteroatoms. The predicted molar refractivity (Wildman–Crippen MR) is 87.1 cm³/mol. The zero-order chi connectivity index (χ0) is 15.1. The third-order valence-corrected chi connectivity index (χ3v) is 4.72. The molecule has 0 spiro atoms. The highest BCUT2D eigenvalue weighted by Gasteiger charge is 2.38. The summed E-state index contributed by atoms with van der Waals surface area (Å²) in [7, 11) is 0. The monoisotopic (exact) mass is 288 g/mol. The van der Waals surface area contributed by atoms with Gasteiger partial charge in [-0.05, 0) is 37.8 Å². The van der Waals surface area contributed by atoms with Crippen molar-refractivity contribution < 1.29 is 4.79 Å². The molecule has 0 aromatic heterocycles. The van der Waals surface area contributed by atoms with Crippen LogP contribution in [0.15, 0.2) is 30.3 Å². The van der Waals surface area contributed by atoms with Gasteiger partial charge in [0.2, 0.25) is 5.91 Å². The molecule has 21 heavy (non-hydrogen) atoms. The van der Waals surface area contributed by atoms with Gasteiger partial charge in [-0.15, -0.1) is 0 Å². The number of rotatable bonds is 6. The summed E-state index contributed by atoms with van der Waals surface area (Å²) in [5, 5.41) is 6.71. The third-order valence-electron chi connectivity index (χ3n) is 4.72. The molecular formula is C18H28N2O. The lowest BCUT2D eigenvalue weighted by Gasteiger charge is -2.36. The van der Waals surface area contributed by atoms with Crippen molar-refractivity contribution in [2.24, 2.45) is 5.41 Å². The summed E-state index contributed by atoms with van der Waals surface area (Å²) < 4.78 is 0. The molecule has 1 amide bonds. The summed E-state index contributed by atoms with van der Waals surface area (Å²) in [5.74, 6) is 0.222. The van der Waals surface area contributed by atoms with Gasteiger partial charge in [0.1, 0.15) is 0 Å². The summed E-state index contributed by atoms with van der Waals surface area (Å²) in [6, 6.07) is 10.5. The van der Waals surface area contributed by atoms with E-state index < -0.39 is 0 Å². The standard InChI is InChI=1S/C18H28N2O/c1-3-9-16(15-10-6-5-7-11-15)20-17(21)18(4-2)12-8-13-19-14-18/h5-7,10-11,16,19H,3-4,8-9,12-14H2,1-2H3,(H,20,21). The number of benzene rings is 1. The molecule has 1 aromatic rings. The van der Waals surface area contributed by atoms with Crippen molar-refractivity contribution in [2.75, 3.05) is 13.1 Å². The Morgan fingerprint density at radius 3 is 2.67 bits per heavy atom. The lowest BCUT2D eigenvalue weighted by Crippen LogP contribution is -2.50. The van der Waals surface area contributed by atoms with E-state index in [9.17, 15) is 4.79 Å². The van der Waals surface area contributed by atoms with E-state index in [1.165, 1.54) is 5.56 Å². The van der Waals surface area contributed by atoms with Gasteiger partial charge in [0, 0.05) is 6.54 Å². The Kier molecular flexibility index (Phi) is 5.80. The van der Waals surface area contributed by atoms with E-state index >= 15 is 0 Å². The Hall–Kier alpha value is -1.35. The SMILES string of the molecule is CCCC(NC(=O)C1(CC)CCCNC1)c1ccccc1. The van der Waals surface area contributed by atoms with Crippen LogP contribution in [0, 0.1) is 5.41 Å². The Morgan fingerprint density at radius 2 is 2.10 bits per heavy atom. The minimum atomic E-state index is -0.223. The number of carbonyl (C=O) groups excluding carboxylic acids is 1. The van der Waals surface area contributed by atoms with Crippen LogP contribution in [0.5, 0.6) is 0 Å². The lowest BCUT2D eigenvalue weighted by molar-refractivity contribution is -0.133. The summed E-state index contributed by atoms with van der Waals surface area (Å²) >= 11 is 0. The highest BCUT2D eigenvalue weighted by molar-refractivity contribution is 5.83. The van der Waals surface area contributed by atoms with Gasteiger partial charge in [-0.1, -0.05) is 50.6 Å². The van der Waals surface area contributed by atoms with Crippen molar-refractivity contribution >= 4 is 5.91 Å². The van der Waals surface area contributed by atoms with E-state index in [0.29, 0.717) is 0 Å². The number of hydrogen-bond donors (Lipinski definition) is 2. The van der Waals surface area contributed by atoms with Gasteiger partial charge in [0.05, 0.1) is 11.5 Å². The maximum Gasteiger partial charge on any atom is 0.227 e. The topological polar surface area (TPSA) is 41.1 Å². The molecule has 1 heterocycles. The van der Waals surface area contributed by atoms with Crippen molar-refractivity contribution in [1.29, 1.82) is 0 Å². The van der Waals surface area contributed by atoms with Crippen molar-refractivity contribution in [3.8, 4) is 0 Å². The molecule has 2 N–H and O–H groups in total. The van der Waals surface area contributed by atoms with Crippen LogP contribution < -0.4 is 10.6 Å². The summed E-state index contributed by atoms with van der Waals surface area (Å²) in [4.78, 5) is 12.9. The molecule has 0 radical (unpaired) electrons. The zero-order valence-electron chi connectivity index (χ0n) is 13.3. The fourth-order valence-electron chi connectivity index (χ4n) is 3.23. The quantitative estimate of drug-likeness (QED) is 0.842. The Balaban J connectivity index is 2.10. The van der Waals surface area contributed by atoms with Gasteiger partial charge in [-0.2, -0.15) is 0 Å². The van der Waals surface area contributed by atoms with Crippen LogP contribution in [0.1, 0.15) is 57.6 Å². The number of hydrogen-bond acceptors (Lipinski definition) is 2. The van der Waals surface area contributed by atoms with Crippen LogP contribution in [0.25, 0.3) is 0 Å². The van der Waals surface area contributed by atoms with E-state index in [2.05, 4.69) is 36.6 Å². The Labute approximate surface area is 128 Å². The second-order valence-corrected chi connectivity index (χ2v) is 6.14. The first-order valence-electron chi connectivity index (χ1n) is 8.28. The molecule has 1 saturated heterocycles. The maximum atomic E-state index is 12.9. The Bertz CT molecular complexity index is 438. The molecule has 1 aliphatic heterocycles. The second kappa shape index (κ2) is 7.60. The molecule has 2 atom stereocenters. The number of amides is 1. The minimum absolute atomic E-state index is 0.133. The molecule has 3 nitrogen and oxygen atoms in total. The molecule has 1 aliphatic rings. The first kappa shape index (κ1) is 16.0. The van der Waals surface area contributed by atoms with Crippen LogP contribution in [0.4, 0.5) is 0 Å². The molecule has 0 bridgehead atoms. The van der Waals surface area contributed by atoms with Gasteiger partial charge < -0.3 is 10.6 Å². The fourth-order valence-corrected chi connectivity index (χ4v) is 3.23. The molecular weight excluding hydrogens is 260 g/mol. The molecule has 0 aliphatic carbocycles. The largest absolute Gasteiger partial charge is 0.349 e. The fraction of sp³-hybridized carbons (Fsp3) is 0.611. The molecule has 2 rings (SSSR count). The molecule has 1 aromatic carbocycles. The average molecular weight is 288 g/mol. The van der Waals surface area contributed by atoms with Crippen LogP contribution in [0.3, 0.4) is 0 Å². The van der Waals surface area contributed by atoms with E-state index in [4.69, 9.17) is 0 Å². The van der Waals surface area contributed by atoms with Gasteiger partial charge in [0.25, 0.3) is 0 Å². The first-order valence-corrected chi connectivity index (χ1v) is 8.28. The summed E-state index contributed by atoms with van der Waals surface area (Å²) in [6.45, 7) is 6.14. The number of nitrogens with one attached hydrogen (secondary N) is 2. The lowest BCUT2D eigenvalue weighted by atomic mass is 9.77. The van der Waals surface area contributed by atoms with Crippen molar-refractivity contribution in [2.45, 2.75) is 52.0 Å². The first-order chi connectivity index (χ1) is 10.2. The van der Waals surface area contributed by atoms with Crippen molar-refractivity contribution in [1.82, 2.24) is 10.6 Å². The Morgan fingerprint density at radius 1 is 1.33 bits per heavy atom. The molecule has 1 fully saturated rings. The van der Waals surface area contributed by atoms with Crippen LogP contribution in [-0.2, 0) is 4.79 Å². The minimum Gasteiger partial charge on any atom is -0.349 e. The second-order valence-electron chi connectivity index (χ2n) is 6.14. The van der Waals surface area contributed by atoms with Crippen molar-refractivity contribution in [3.63, 3.8) is 0 Å². The number of carbonyl (C=O) groups is 1. The molecule has 0 saturated carbocycles. The van der Waals surface area contributed by atoms with E-state index in [1.807, 2.05) is 18.2 Å². The van der Waals surface area contributed by atoms with Gasteiger partial charge in [-0.3, -0.25) is 4.79 Å². The highest BCUT2D eigenvalue weighted by Crippen LogP contribution is 2.31. The summed E-state index contributed by atoms with van der Waals surface area (Å²) in [6.07, 6.45) is 5.04. The zero-order valence-corrected chi connectivity index (χ0v) is 13.3. The molecule has 116 valence electrons. The maximum absolute atomic E-state index is 12.9. The third kappa shape index (κ3) is 3.85. The van der Waals surface area contributed by atoms with E-state index in [-0.39, 0.29) is 17.4 Å². The normalized spacial score (nSPS) is 23.5. The summed E-state index contributed by atoms with van der Waals surface area (Å²) in [5.41, 5.74) is 0.988. The average Bonchev–Trinajstić information content (AvgIpc) is 2.55. The van der Waals surface area contributed by atoms with Gasteiger partial charge in [0.15, 0.2) is 0 Å². The van der Waals surface area contributed by atoms with Crippen LogP contribution in [0.2, 0.25) is 0 Å². The van der Waals surface area contributed by atoms with Crippen molar-refractivity contribution in [3.05, 3.63) is 35.9 Å². The van der Waals surface area contributed by atoms with Gasteiger partial charge >= 0.3 is 0 Å². The van der Waals surface area contributed by atoms with E-state index in [1.54, 1.807) is 0 Å². The van der Waals surface area contributed by atoms with Crippen LogP contribution >= 0.6 is 0 Å². The van der Waals surface area contributed by atoms with E-state index in [0.717, 1.165) is 45.2 Å². The predicted octanol–water partition coefficient (Wildman–Crippen LogP) is 3.42. The van der Waals surface area contributed by atoms with Gasteiger partial charge in [-0.25, -0.2) is 0 Å². The number of piperidine rings is 1. The smallest absolute Gasteiger partial charge is 0.227 e.